The minimum atomic E-state index is -1.67. The first-order valence-corrected chi connectivity index (χ1v) is 9.91. The standard InChI is InChI=1S/C21H29FO4/c1-19-7-5-13(23)9-12(19)3-4-14-15-6-8-21(26,17(25)11-22)20(15,2)10-16(24)18(14)19/h9,14-16,18,24,26H,3-8,10-11H2,1-2H3. The topological polar surface area (TPSA) is 74.6 Å². The third-order valence-electron chi connectivity index (χ3n) is 8.63. The van der Waals surface area contributed by atoms with E-state index in [9.17, 15) is 24.2 Å². The average molecular weight is 364 g/mol. The maximum absolute atomic E-state index is 13.2. The Bertz CT molecular complexity index is 687. The van der Waals surface area contributed by atoms with Crippen LogP contribution in [-0.4, -0.2) is 40.2 Å². The quantitative estimate of drug-likeness (QED) is 0.790. The van der Waals surface area contributed by atoms with Gasteiger partial charge in [0.15, 0.2) is 18.2 Å². The Balaban J connectivity index is 1.74. The maximum atomic E-state index is 13.2. The molecule has 0 aromatic heterocycles. The van der Waals surface area contributed by atoms with Crippen molar-refractivity contribution in [3.63, 3.8) is 0 Å². The number of rotatable bonds is 2. The molecule has 0 saturated heterocycles. The molecule has 0 bridgehead atoms. The van der Waals surface area contributed by atoms with Gasteiger partial charge in [-0.15, -0.1) is 0 Å². The highest BCUT2D eigenvalue weighted by atomic mass is 19.1. The van der Waals surface area contributed by atoms with Gasteiger partial charge in [0.05, 0.1) is 6.10 Å². The van der Waals surface area contributed by atoms with Crippen LogP contribution in [0.2, 0.25) is 0 Å². The normalized spacial score (nSPS) is 50.5. The van der Waals surface area contributed by atoms with Crippen LogP contribution in [0.15, 0.2) is 11.6 Å². The molecule has 0 heterocycles. The van der Waals surface area contributed by atoms with Gasteiger partial charge in [-0.1, -0.05) is 19.4 Å². The number of aliphatic hydroxyl groups excluding tert-OH is 1. The lowest BCUT2D eigenvalue weighted by Gasteiger charge is -2.60. The van der Waals surface area contributed by atoms with Gasteiger partial charge in [-0.25, -0.2) is 4.39 Å². The number of halogens is 1. The molecule has 4 aliphatic rings. The number of ketones is 2. The molecule has 144 valence electrons. The van der Waals surface area contributed by atoms with Gasteiger partial charge in [0.1, 0.15) is 5.60 Å². The molecule has 4 rings (SSSR count). The van der Waals surface area contributed by atoms with E-state index in [1.165, 1.54) is 0 Å². The zero-order valence-corrected chi connectivity index (χ0v) is 15.6. The van der Waals surface area contributed by atoms with Gasteiger partial charge < -0.3 is 10.2 Å². The Kier molecular flexibility index (Phi) is 4.02. The summed E-state index contributed by atoms with van der Waals surface area (Å²) in [4.78, 5) is 24.1. The summed E-state index contributed by atoms with van der Waals surface area (Å²) >= 11 is 0. The van der Waals surface area contributed by atoms with E-state index >= 15 is 0 Å². The number of hydrogen-bond donors (Lipinski definition) is 2. The highest BCUT2D eigenvalue weighted by Crippen LogP contribution is 2.67. The van der Waals surface area contributed by atoms with Crippen LogP contribution in [0.1, 0.15) is 58.8 Å². The Morgan fingerprint density at radius 2 is 2.00 bits per heavy atom. The summed E-state index contributed by atoms with van der Waals surface area (Å²) in [6.45, 7) is 2.88. The average Bonchev–Trinajstić information content (AvgIpc) is 2.86. The third-order valence-corrected chi connectivity index (χ3v) is 8.63. The van der Waals surface area contributed by atoms with Crippen LogP contribution in [0, 0.1) is 28.6 Å². The van der Waals surface area contributed by atoms with E-state index in [0.29, 0.717) is 19.3 Å². The zero-order chi connectivity index (χ0) is 18.9. The summed E-state index contributed by atoms with van der Waals surface area (Å²) in [6.07, 6.45) is 5.39. The smallest absolute Gasteiger partial charge is 0.195 e. The minimum absolute atomic E-state index is 0.0384. The van der Waals surface area contributed by atoms with Gasteiger partial charge in [-0.05, 0) is 67.8 Å². The van der Waals surface area contributed by atoms with E-state index in [2.05, 4.69) is 6.92 Å². The maximum Gasteiger partial charge on any atom is 0.195 e. The fraction of sp³-hybridized carbons (Fsp3) is 0.810. The molecule has 0 aliphatic heterocycles. The predicted molar refractivity (Wildman–Crippen MR) is 94.0 cm³/mol. The molecule has 3 saturated carbocycles. The highest BCUT2D eigenvalue weighted by Gasteiger charge is 2.68. The van der Waals surface area contributed by atoms with E-state index in [0.717, 1.165) is 24.8 Å². The summed E-state index contributed by atoms with van der Waals surface area (Å²) in [6, 6.07) is 0. The van der Waals surface area contributed by atoms with E-state index in [1.807, 2.05) is 6.92 Å². The summed E-state index contributed by atoms with van der Waals surface area (Å²) in [5, 5.41) is 22.2. The molecular formula is C21H29FO4. The zero-order valence-electron chi connectivity index (χ0n) is 15.6. The molecule has 7 atom stereocenters. The largest absolute Gasteiger partial charge is 0.393 e. The first kappa shape index (κ1) is 18.3. The number of allylic oxidation sites excluding steroid dienone is 1. The molecule has 4 aliphatic carbocycles. The second kappa shape index (κ2) is 5.71. The molecule has 0 spiro atoms. The van der Waals surface area contributed by atoms with Crippen molar-refractivity contribution < 1.29 is 24.2 Å². The van der Waals surface area contributed by atoms with E-state index in [4.69, 9.17) is 0 Å². The Morgan fingerprint density at radius 1 is 1.27 bits per heavy atom. The highest BCUT2D eigenvalue weighted by molar-refractivity contribution is 5.91. The minimum Gasteiger partial charge on any atom is -0.393 e. The predicted octanol–water partition coefficient (Wildman–Crippen LogP) is 2.76. The van der Waals surface area contributed by atoms with Crippen molar-refractivity contribution in [2.45, 2.75) is 70.5 Å². The molecule has 0 aromatic carbocycles. The molecule has 4 nitrogen and oxygen atoms in total. The van der Waals surface area contributed by atoms with Crippen molar-refractivity contribution >= 4 is 11.6 Å². The van der Waals surface area contributed by atoms with Gasteiger partial charge in [0, 0.05) is 11.8 Å². The Labute approximate surface area is 153 Å². The molecule has 5 heteroatoms. The molecule has 2 N–H and O–H groups in total. The molecule has 3 fully saturated rings. The third kappa shape index (κ3) is 2.13. The number of fused-ring (bicyclic) bond motifs is 5. The molecule has 0 aromatic rings. The van der Waals surface area contributed by atoms with Crippen molar-refractivity contribution in [2.24, 2.45) is 28.6 Å². The van der Waals surface area contributed by atoms with Gasteiger partial charge >= 0.3 is 0 Å². The molecule has 0 radical (unpaired) electrons. The molecular weight excluding hydrogens is 335 g/mol. The fourth-order valence-corrected chi connectivity index (χ4v) is 7.26. The Hall–Kier alpha value is -1.07. The van der Waals surface area contributed by atoms with Crippen LogP contribution >= 0.6 is 0 Å². The van der Waals surface area contributed by atoms with Crippen LogP contribution in [0.3, 0.4) is 0 Å². The van der Waals surface area contributed by atoms with Crippen molar-refractivity contribution in [1.29, 1.82) is 0 Å². The number of Topliss-reactive ketones (excluding diaryl/α,β-unsaturated/α-hetero) is 1. The number of aliphatic hydroxyl groups is 2. The van der Waals surface area contributed by atoms with Crippen LogP contribution in [0.4, 0.5) is 4.39 Å². The first-order chi connectivity index (χ1) is 12.2. The van der Waals surface area contributed by atoms with Crippen LogP contribution in [-0.2, 0) is 9.59 Å². The number of carbonyl (C=O) groups is 2. The van der Waals surface area contributed by atoms with Gasteiger partial charge in [-0.3, -0.25) is 9.59 Å². The molecule has 7 unspecified atom stereocenters. The van der Waals surface area contributed by atoms with Gasteiger partial charge in [-0.2, -0.15) is 0 Å². The monoisotopic (exact) mass is 364 g/mol. The summed E-state index contributed by atoms with van der Waals surface area (Å²) < 4.78 is 13.2. The number of hydrogen-bond acceptors (Lipinski definition) is 4. The van der Waals surface area contributed by atoms with E-state index in [1.54, 1.807) is 6.08 Å². The van der Waals surface area contributed by atoms with Gasteiger partial charge in [0.25, 0.3) is 0 Å². The Morgan fingerprint density at radius 3 is 2.69 bits per heavy atom. The van der Waals surface area contributed by atoms with Crippen LogP contribution in [0.5, 0.6) is 0 Å². The van der Waals surface area contributed by atoms with Crippen molar-refractivity contribution in [1.82, 2.24) is 0 Å². The van der Waals surface area contributed by atoms with Gasteiger partial charge in [0.2, 0.25) is 0 Å². The fourth-order valence-electron chi connectivity index (χ4n) is 7.26. The van der Waals surface area contributed by atoms with Crippen LogP contribution < -0.4 is 0 Å². The lowest BCUT2D eigenvalue weighted by atomic mass is 9.45. The van der Waals surface area contributed by atoms with E-state index < -0.39 is 29.6 Å². The number of alkyl halides is 1. The number of carbonyl (C=O) groups excluding carboxylic acids is 2. The first-order valence-electron chi connectivity index (χ1n) is 9.91. The summed E-state index contributed by atoms with van der Waals surface area (Å²) in [5.74, 6) is -0.224. The summed E-state index contributed by atoms with van der Waals surface area (Å²) in [5.41, 5.74) is -1.48. The summed E-state index contributed by atoms with van der Waals surface area (Å²) in [7, 11) is 0. The molecule has 0 amide bonds. The van der Waals surface area contributed by atoms with Crippen molar-refractivity contribution in [3.05, 3.63) is 11.6 Å². The molecule has 26 heavy (non-hydrogen) atoms. The lowest BCUT2D eigenvalue weighted by Crippen LogP contribution is -2.61. The van der Waals surface area contributed by atoms with E-state index in [-0.39, 0.29) is 35.4 Å². The van der Waals surface area contributed by atoms with Crippen molar-refractivity contribution in [2.75, 3.05) is 6.67 Å². The second-order valence-electron chi connectivity index (χ2n) is 9.53. The SMILES string of the molecule is CC12CCC(=O)C=C1CCC1C2C(O)CC2(C)C1CCC2(O)C(=O)CF. The van der Waals surface area contributed by atoms with Crippen molar-refractivity contribution in [3.8, 4) is 0 Å². The van der Waals surface area contributed by atoms with Crippen LogP contribution in [0.25, 0.3) is 0 Å². The second-order valence-corrected chi connectivity index (χ2v) is 9.53. The lowest BCUT2D eigenvalue weighted by molar-refractivity contribution is -0.181.